The summed E-state index contributed by atoms with van der Waals surface area (Å²) in [7, 11) is 1.69. The minimum Gasteiger partial charge on any atom is -0.481 e. The lowest BCUT2D eigenvalue weighted by Gasteiger charge is -2.22. The number of likely N-dealkylation sites (N-methyl/N-ethyl adjacent to an activating group) is 1. The number of halogens is 1. The lowest BCUT2D eigenvalue weighted by molar-refractivity contribution is -0.138. The van der Waals surface area contributed by atoms with Crippen molar-refractivity contribution in [3.8, 4) is 17.1 Å². The summed E-state index contributed by atoms with van der Waals surface area (Å²) in [6, 6.07) is 15.1. The number of benzene rings is 2. The molecule has 0 aliphatic rings. The Morgan fingerprint density at radius 2 is 1.90 bits per heavy atom. The number of ether oxygens (including phenoxy) is 1. The number of nitrogens with zero attached hydrogens (tertiary/aromatic N) is 3. The fourth-order valence-electron chi connectivity index (χ4n) is 2.87. The van der Waals surface area contributed by atoms with Gasteiger partial charge in [-0.2, -0.15) is 4.98 Å². The van der Waals surface area contributed by atoms with E-state index in [0.717, 1.165) is 6.42 Å². The zero-order valence-corrected chi connectivity index (χ0v) is 17.5. The van der Waals surface area contributed by atoms with E-state index < -0.39 is 6.10 Å². The van der Waals surface area contributed by atoms with Crippen LogP contribution in [0.4, 0.5) is 0 Å². The first kappa shape index (κ1) is 20.9. The summed E-state index contributed by atoms with van der Waals surface area (Å²) in [6.45, 7) is 4.20. The third-order valence-corrected chi connectivity index (χ3v) is 4.92. The molecule has 0 radical (unpaired) electrons. The van der Waals surface area contributed by atoms with Crippen LogP contribution >= 0.6 is 11.6 Å². The van der Waals surface area contributed by atoms with E-state index in [2.05, 4.69) is 17.1 Å². The highest BCUT2D eigenvalue weighted by Crippen LogP contribution is 2.25. The topological polar surface area (TPSA) is 68.5 Å². The summed E-state index contributed by atoms with van der Waals surface area (Å²) in [5.41, 5.74) is 1.91. The molecule has 152 valence electrons. The van der Waals surface area contributed by atoms with Crippen LogP contribution in [0.1, 0.15) is 31.7 Å². The van der Waals surface area contributed by atoms with Gasteiger partial charge in [-0.15, -0.1) is 0 Å². The van der Waals surface area contributed by atoms with Crippen LogP contribution in [0.15, 0.2) is 53.1 Å². The summed E-state index contributed by atoms with van der Waals surface area (Å²) in [5, 5.41) is 4.51. The Kier molecular flexibility index (Phi) is 6.88. The SMILES string of the molecule is CCc1ccc(O[C@H](CC)C(=O)N(C)Cc2nc(-c3ccccc3Cl)no2)cc1. The van der Waals surface area contributed by atoms with Crippen LogP contribution in [0, 0.1) is 0 Å². The number of aromatic nitrogens is 2. The van der Waals surface area contributed by atoms with Crippen molar-refractivity contribution in [1.82, 2.24) is 15.0 Å². The van der Waals surface area contributed by atoms with Crippen molar-refractivity contribution in [2.45, 2.75) is 39.3 Å². The van der Waals surface area contributed by atoms with Crippen molar-refractivity contribution >= 4 is 17.5 Å². The first-order valence-electron chi connectivity index (χ1n) is 9.59. The average molecular weight is 414 g/mol. The highest BCUT2D eigenvalue weighted by Gasteiger charge is 2.24. The first-order valence-corrected chi connectivity index (χ1v) is 9.97. The van der Waals surface area contributed by atoms with Gasteiger partial charge in [0, 0.05) is 12.6 Å². The van der Waals surface area contributed by atoms with E-state index in [4.69, 9.17) is 20.9 Å². The normalized spacial score (nSPS) is 11.9. The Hall–Kier alpha value is -2.86. The molecule has 7 heteroatoms. The van der Waals surface area contributed by atoms with Crippen molar-refractivity contribution in [1.29, 1.82) is 0 Å². The van der Waals surface area contributed by atoms with Crippen molar-refractivity contribution in [3.63, 3.8) is 0 Å². The number of carbonyl (C=O) groups excluding carboxylic acids is 1. The Balaban J connectivity index is 1.65. The summed E-state index contributed by atoms with van der Waals surface area (Å²) in [5.74, 6) is 1.25. The van der Waals surface area contributed by atoms with Crippen LogP contribution in [0.25, 0.3) is 11.4 Å². The molecule has 1 heterocycles. The molecule has 3 rings (SSSR count). The van der Waals surface area contributed by atoms with Crippen LogP contribution in [-0.2, 0) is 17.8 Å². The molecule has 1 aromatic heterocycles. The van der Waals surface area contributed by atoms with E-state index in [1.54, 1.807) is 13.1 Å². The highest BCUT2D eigenvalue weighted by atomic mass is 35.5. The maximum Gasteiger partial charge on any atom is 0.263 e. The number of aryl methyl sites for hydroxylation is 1. The number of amides is 1. The second kappa shape index (κ2) is 9.56. The molecule has 1 amide bonds. The van der Waals surface area contributed by atoms with Gasteiger partial charge in [0.15, 0.2) is 6.10 Å². The average Bonchev–Trinajstić information content (AvgIpc) is 3.20. The molecule has 29 heavy (non-hydrogen) atoms. The van der Waals surface area contributed by atoms with E-state index in [1.807, 2.05) is 49.4 Å². The first-order chi connectivity index (χ1) is 14.0. The predicted octanol–water partition coefficient (Wildman–Crippen LogP) is 4.77. The van der Waals surface area contributed by atoms with Gasteiger partial charge in [-0.25, -0.2) is 0 Å². The van der Waals surface area contributed by atoms with E-state index in [-0.39, 0.29) is 12.5 Å². The van der Waals surface area contributed by atoms with Gasteiger partial charge < -0.3 is 14.2 Å². The number of hydrogen-bond acceptors (Lipinski definition) is 5. The van der Waals surface area contributed by atoms with Gasteiger partial charge in [-0.3, -0.25) is 4.79 Å². The number of rotatable bonds is 8. The molecule has 0 bridgehead atoms. The van der Waals surface area contributed by atoms with Crippen LogP contribution in [0.5, 0.6) is 5.75 Å². The lowest BCUT2D eigenvalue weighted by Crippen LogP contribution is -2.39. The molecule has 0 spiro atoms. The highest BCUT2D eigenvalue weighted by molar-refractivity contribution is 6.33. The summed E-state index contributed by atoms with van der Waals surface area (Å²) in [6.07, 6.45) is 0.922. The zero-order chi connectivity index (χ0) is 20.8. The Bertz CT molecular complexity index is 956. The fourth-order valence-corrected chi connectivity index (χ4v) is 3.09. The Morgan fingerprint density at radius 1 is 1.17 bits per heavy atom. The lowest BCUT2D eigenvalue weighted by atomic mass is 10.1. The molecule has 0 aliphatic heterocycles. The monoisotopic (exact) mass is 413 g/mol. The molecular formula is C22H24ClN3O3. The molecule has 6 nitrogen and oxygen atoms in total. The van der Waals surface area contributed by atoms with Crippen molar-refractivity contribution < 1.29 is 14.1 Å². The maximum absolute atomic E-state index is 12.8. The van der Waals surface area contributed by atoms with Gasteiger partial charge >= 0.3 is 0 Å². The largest absolute Gasteiger partial charge is 0.481 e. The molecule has 0 saturated heterocycles. The molecule has 1 atom stereocenters. The molecule has 2 aromatic carbocycles. The van der Waals surface area contributed by atoms with Gasteiger partial charge in [0.2, 0.25) is 11.7 Å². The predicted molar refractivity (Wildman–Crippen MR) is 112 cm³/mol. The van der Waals surface area contributed by atoms with Crippen LogP contribution in [-0.4, -0.2) is 34.1 Å². The minimum atomic E-state index is -0.585. The molecule has 0 fully saturated rings. The van der Waals surface area contributed by atoms with Crippen LogP contribution < -0.4 is 4.74 Å². The van der Waals surface area contributed by atoms with E-state index in [9.17, 15) is 4.79 Å². The maximum atomic E-state index is 12.8. The van der Waals surface area contributed by atoms with Gasteiger partial charge in [0.1, 0.15) is 5.75 Å². The standard InChI is InChI=1S/C22H24ClN3O3/c1-4-15-10-12-16(13-11-15)28-19(5-2)22(27)26(3)14-20-24-21(25-29-20)17-8-6-7-9-18(17)23/h6-13,19H,4-5,14H2,1-3H3/t19-/m1/s1. The molecule has 3 aromatic rings. The minimum absolute atomic E-state index is 0.149. The number of hydrogen-bond donors (Lipinski definition) is 0. The van der Waals surface area contributed by atoms with Crippen LogP contribution in [0.3, 0.4) is 0 Å². The quantitative estimate of drug-likeness (QED) is 0.532. The Morgan fingerprint density at radius 3 is 2.55 bits per heavy atom. The summed E-state index contributed by atoms with van der Waals surface area (Å²) < 4.78 is 11.2. The van der Waals surface area contributed by atoms with Crippen molar-refractivity contribution in [2.75, 3.05) is 7.05 Å². The summed E-state index contributed by atoms with van der Waals surface area (Å²) in [4.78, 5) is 18.7. The van der Waals surface area contributed by atoms with Crippen LogP contribution in [0.2, 0.25) is 5.02 Å². The van der Waals surface area contributed by atoms with Crippen molar-refractivity contribution in [2.24, 2.45) is 0 Å². The smallest absolute Gasteiger partial charge is 0.263 e. The third-order valence-electron chi connectivity index (χ3n) is 4.59. The van der Waals surface area contributed by atoms with Gasteiger partial charge in [0.25, 0.3) is 5.91 Å². The van der Waals surface area contributed by atoms with Crippen molar-refractivity contribution in [3.05, 3.63) is 65.0 Å². The third kappa shape index (κ3) is 5.15. The van der Waals surface area contributed by atoms with Gasteiger partial charge in [-0.1, -0.05) is 54.9 Å². The Labute approximate surface area is 175 Å². The second-order valence-electron chi connectivity index (χ2n) is 6.70. The van der Waals surface area contributed by atoms with E-state index in [1.165, 1.54) is 10.5 Å². The fraction of sp³-hybridized carbons (Fsp3) is 0.318. The van der Waals surface area contributed by atoms with Gasteiger partial charge in [-0.05, 0) is 42.7 Å². The molecule has 0 unspecified atom stereocenters. The molecule has 0 N–H and O–H groups in total. The second-order valence-corrected chi connectivity index (χ2v) is 7.11. The van der Waals surface area contributed by atoms with Gasteiger partial charge in [0.05, 0.1) is 11.6 Å². The summed E-state index contributed by atoms with van der Waals surface area (Å²) >= 11 is 6.18. The molecule has 0 aliphatic carbocycles. The molecular weight excluding hydrogens is 390 g/mol. The molecule has 0 saturated carbocycles. The number of carbonyl (C=O) groups is 1. The van der Waals surface area contributed by atoms with E-state index in [0.29, 0.717) is 34.5 Å². The van der Waals surface area contributed by atoms with E-state index >= 15 is 0 Å². The zero-order valence-electron chi connectivity index (χ0n) is 16.8.